The van der Waals surface area contributed by atoms with Crippen molar-refractivity contribution < 1.29 is 67.5 Å². The number of hydrogen-bond acceptors (Lipinski definition) is 18. The van der Waals surface area contributed by atoms with E-state index in [-0.39, 0.29) is 17.2 Å². The Labute approximate surface area is 716 Å². The van der Waals surface area contributed by atoms with Gasteiger partial charge >= 0.3 is 0 Å². The number of carbonyl (C=O) groups excluding carboxylic acids is 4. The summed E-state index contributed by atoms with van der Waals surface area (Å²) in [6.07, 6.45) is 7.41. The molecule has 0 radical (unpaired) electrons. The molecule has 0 atom stereocenters. The van der Waals surface area contributed by atoms with Gasteiger partial charge in [0.2, 0.25) is 23.6 Å². The lowest BCUT2D eigenvalue weighted by Gasteiger charge is -2.09. The molecule has 10 rings (SSSR count). The van der Waals surface area contributed by atoms with Gasteiger partial charge in [-0.2, -0.15) is 5.26 Å². The first-order valence-electron chi connectivity index (χ1n) is 32.4. The first-order chi connectivity index (χ1) is 52.6. The van der Waals surface area contributed by atoms with Crippen LogP contribution < -0.4 is 67.6 Å². The number of anilines is 2. The number of ether oxygens (including phenoxy) is 7. The predicted octanol–water partition coefficient (Wildman–Crippen LogP) is 18.4. The van der Waals surface area contributed by atoms with Crippen molar-refractivity contribution in [2.45, 2.75) is 41.2 Å². The Morgan fingerprint density at radius 1 is 0.441 bits per heavy atom. The van der Waals surface area contributed by atoms with Gasteiger partial charge in [0.1, 0.15) is 58.4 Å². The van der Waals surface area contributed by atoms with Crippen molar-refractivity contribution in [3.05, 3.63) is 309 Å². The molecule has 586 valence electrons. The number of nitro groups is 1. The fourth-order valence-electron chi connectivity index (χ4n) is 8.60. The summed E-state index contributed by atoms with van der Waals surface area (Å²) in [6, 6.07) is 58.8. The van der Waals surface area contributed by atoms with E-state index < -0.39 is 28.6 Å². The highest BCUT2D eigenvalue weighted by molar-refractivity contribution is 14.1. The second kappa shape index (κ2) is 54.3. The van der Waals surface area contributed by atoms with Gasteiger partial charge in [-0.05, 0) is 320 Å². The highest BCUT2D eigenvalue weighted by Crippen LogP contribution is 2.26. The number of primary amides is 4. The molecule has 111 heavy (non-hydrogen) atoms. The molecule has 23 nitrogen and oxygen atoms in total. The molecule has 0 fully saturated rings. The number of benzene rings is 10. The maximum Gasteiger partial charge on any atom is 0.273 e. The largest absolute Gasteiger partial charge is 0.508 e. The van der Waals surface area contributed by atoms with E-state index in [2.05, 4.69) is 123 Å². The van der Waals surface area contributed by atoms with Crippen molar-refractivity contribution in [1.29, 1.82) is 5.26 Å². The molecular weight excluding hydrogens is 1980 g/mol. The zero-order valence-electron chi connectivity index (χ0n) is 62.9. The normalized spacial score (nSPS) is 9.61. The van der Waals surface area contributed by atoms with E-state index in [9.17, 15) is 34.4 Å². The third-order valence-electron chi connectivity index (χ3n) is 13.4. The summed E-state index contributed by atoms with van der Waals surface area (Å²) in [7, 11) is 9.57. The Morgan fingerprint density at radius 2 is 0.793 bits per heavy atom. The maximum atomic E-state index is 11.3. The van der Waals surface area contributed by atoms with E-state index in [0.29, 0.717) is 51.7 Å². The molecule has 0 spiro atoms. The molecule has 10 aromatic carbocycles. The van der Waals surface area contributed by atoms with Gasteiger partial charge in [-0.15, -0.1) is 13.2 Å². The van der Waals surface area contributed by atoms with Gasteiger partial charge in [0.15, 0.2) is 0 Å². The summed E-state index contributed by atoms with van der Waals surface area (Å²) in [6.45, 7) is 16.1. The topological polar surface area (TPSA) is 396 Å². The van der Waals surface area contributed by atoms with Crippen molar-refractivity contribution in [2.24, 2.45) is 22.9 Å². The number of allylic oxidation sites excluding steroid dienone is 2. The summed E-state index contributed by atoms with van der Waals surface area (Å²) in [5.41, 5.74) is 41.3. The number of non-ortho nitro benzene ring substituents is 1. The molecule has 28 heteroatoms. The molecule has 0 aliphatic heterocycles. The lowest BCUT2D eigenvalue weighted by Crippen LogP contribution is -2.11. The van der Waals surface area contributed by atoms with Crippen LogP contribution in [0, 0.1) is 60.1 Å². The van der Waals surface area contributed by atoms with Crippen molar-refractivity contribution in [3.63, 3.8) is 0 Å². The van der Waals surface area contributed by atoms with Crippen molar-refractivity contribution >= 4 is 166 Å². The number of phenolic OH excluding ortho intramolecular Hbond substituents is 2. The summed E-state index contributed by atoms with van der Waals surface area (Å²) in [5, 5.41) is 37.2. The van der Waals surface area contributed by atoms with E-state index >= 15 is 0 Å². The van der Waals surface area contributed by atoms with Crippen LogP contribution >= 0.6 is 113 Å². The first-order valence-corrected chi connectivity index (χ1v) is 37.8. The molecule has 0 aliphatic rings. The molecule has 14 N–H and O–H groups in total. The number of nitriles is 1. The molecule has 0 saturated heterocycles. The highest BCUT2D eigenvalue weighted by Gasteiger charge is 2.10. The number of carbonyl (C=O) groups is 4. The molecule has 0 heterocycles. The van der Waals surface area contributed by atoms with Crippen LogP contribution in [0.3, 0.4) is 0 Å². The van der Waals surface area contributed by atoms with E-state index in [1.165, 1.54) is 40.5 Å². The van der Waals surface area contributed by atoms with Crippen LogP contribution in [-0.4, -0.2) is 81.4 Å². The number of aromatic hydroxyl groups is 2. The predicted molar refractivity (Wildman–Crippen MR) is 484 cm³/mol. The molecular formula is C83H89I5N8O15. The van der Waals surface area contributed by atoms with Crippen LogP contribution in [0.5, 0.6) is 51.7 Å². The third kappa shape index (κ3) is 41.9. The average Bonchev–Trinajstić information content (AvgIpc) is 0.856. The second-order valence-electron chi connectivity index (χ2n) is 22.2. The average molecular weight is 2070 g/mol. The number of hydrogen-bond donors (Lipinski definition) is 8. The Balaban J connectivity index is 0.000000628. The molecule has 0 aromatic heterocycles. The monoisotopic (exact) mass is 2070 g/mol. The van der Waals surface area contributed by atoms with E-state index in [0.717, 1.165) is 76.5 Å². The molecule has 4 amide bonds. The summed E-state index contributed by atoms with van der Waals surface area (Å²) >= 11 is 10.7. The standard InChI is InChI=1S/C17H17NO2.C10H11NO2.C8H8INO2.C8H6INO.C8H9IO.C8H9NO3.C8H11NO.C7H6INO2.C7H8INO.C2H4/c1-2-6-14-9-15(17(18)19)11-16(10-14)20-12-13-7-4-3-5-8-13;1-2-3-7-4-8(10(11)13)6-9(12)5-7;1-12-7-3-5(8(10)11)2-6(9)4-7;1-11-8-3-6(5-10)2-7(9)4-8;1-6-3-7(9)5-8(4-6)10-2;1-6-3-7(9(10)11)5-8(4-6)12-2;1-6-3-7(9)5-8(4-6)10-2;8-5-1-4(7(9)11)2-6(10)3-5;1-10-7-3-5(8)2-6(9)4-7;1-2/h2-11H,12H2,1H3,(H2,18,19);2-6,12H,1H3,(H2,11,13);2-4H,1H3,(H2,10,11);2-4H,1H3;3-5H,1-2H3;3-5H,1-2H3;3-5H,9H2,1-2H3;1-3,10H,(H2,9,11);2-4H,9H2,1H3;1-2H2/b6-2+;3-2+;;;;;;;;. The van der Waals surface area contributed by atoms with Gasteiger partial charge in [-0.3, -0.25) is 29.3 Å². The van der Waals surface area contributed by atoms with Crippen LogP contribution in [0.2, 0.25) is 0 Å². The van der Waals surface area contributed by atoms with Gasteiger partial charge in [0.05, 0.1) is 65.3 Å². The van der Waals surface area contributed by atoms with Gasteiger partial charge in [0, 0.05) is 69.7 Å². The second-order valence-corrected chi connectivity index (χ2v) is 28.5. The first kappa shape index (κ1) is 98.6. The van der Waals surface area contributed by atoms with Crippen molar-refractivity contribution in [1.82, 2.24) is 0 Å². The van der Waals surface area contributed by atoms with Gasteiger partial charge in [0.25, 0.3) is 5.69 Å². The molecule has 10 aromatic rings. The number of rotatable bonds is 16. The Kier molecular flexibility index (Phi) is 48.2. The van der Waals surface area contributed by atoms with Crippen molar-refractivity contribution in [3.8, 4) is 57.8 Å². The SMILES string of the molecule is C/C=C/c1cc(O)cc(C(N)=O)c1.C/C=C/c1cc(OCc2ccccc2)cc(C(N)=O)c1.C=C.COc1cc(C)cc(I)c1.COc1cc(C)cc(N)c1.COc1cc(C)cc([N+](=O)[O-])c1.COc1cc(I)cc(C#N)c1.COc1cc(I)cc(C(N)=O)c1.COc1cc(N)cc(I)c1.NC(=O)c1cc(O)cc(I)c1. The fraction of sp³-hybridized carbons (Fsp3) is 0.145. The number of amides is 4. The molecule has 0 unspecified atom stereocenters. The fourth-order valence-corrected chi connectivity index (χ4v) is 12.0. The summed E-state index contributed by atoms with van der Waals surface area (Å²) in [5.74, 6) is 3.23. The number of phenols is 2. The highest BCUT2D eigenvalue weighted by atomic mass is 127. The minimum Gasteiger partial charge on any atom is -0.508 e. The minimum atomic E-state index is -0.540. The number of nitrogens with zero attached hydrogens (tertiary/aromatic N) is 2. The van der Waals surface area contributed by atoms with Crippen LogP contribution in [0.4, 0.5) is 17.1 Å². The van der Waals surface area contributed by atoms with Crippen LogP contribution in [-0.2, 0) is 6.61 Å². The van der Waals surface area contributed by atoms with Gasteiger partial charge in [-0.1, -0.05) is 54.6 Å². The third-order valence-corrected chi connectivity index (χ3v) is 16.5. The Hall–Kier alpha value is -10.4. The summed E-state index contributed by atoms with van der Waals surface area (Å²) < 4.78 is 40.7. The van der Waals surface area contributed by atoms with Crippen LogP contribution in [0.15, 0.2) is 219 Å². The molecule has 0 aliphatic carbocycles. The Bertz CT molecular complexity index is 4510. The lowest BCUT2D eigenvalue weighted by molar-refractivity contribution is -0.385. The Morgan fingerprint density at radius 3 is 1.23 bits per heavy atom. The minimum absolute atomic E-state index is 0.0457. The van der Waals surface area contributed by atoms with E-state index in [1.54, 1.807) is 121 Å². The molecule has 0 bridgehead atoms. The van der Waals surface area contributed by atoms with E-state index in [1.807, 2.05) is 153 Å². The number of aryl methyl sites for hydroxylation is 3. The van der Waals surface area contributed by atoms with Gasteiger partial charge in [-0.25, -0.2) is 0 Å². The van der Waals surface area contributed by atoms with Gasteiger partial charge < -0.3 is 77.8 Å². The lowest BCUT2D eigenvalue weighted by atomic mass is 10.1. The number of nitrogens with two attached hydrogens (primary N) is 6. The van der Waals surface area contributed by atoms with E-state index in [4.69, 9.17) is 77.9 Å². The number of methoxy groups -OCH3 is 6. The quantitative estimate of drug-likeness (QED) is 0.0146. The van der Waals surface area contributed by atoms with Crippen molar-refractivity contribution in [2.75, 3.05) is 54.1 Å². The smallest absolute Gasteiger partial charge is 0.273 e. The molecule has 0 saturated carbocycles. The zero-order chi connectivity index (χ0) is 83.9. The number of halogens is 5. The number of nitro benzene ring substituents is 1. The number of nitrogen functional groups attached to an aromatic ring is 2. The zero-order valence-corrected chi connectivity index (χ0v) is 73.6. The van der Waals surface area contributed by atoms with Crippen LogP contribution in [0.1, 0.15) is 94.2 Å². The summed E-state index contributed by atoms with van der Waals surface area (Å²) in [4.78, 5) is 53.5. The van der Waals surface area contributed by atoms with Crippen LogP contribution in [0.25, 0.3) is 12.2 Å². The maximum absolute atomic E-state index is 11.3.